The minimum absolute atomic E-state index is 0.0256. The Hall–Kier alpha value is -3.59. The number of hydrogen-bond acceptors (Lipinski definition) is 7. The molecule has 1 N–H and O–H groups in total. The Kier molecular flexibility index (Phi) is 61.2. The van der Waals surface area contributed by atoms with E-state index in [4.69, 9.17) is 18.5 Å². The summed E-state index contributed by atoms with van der Waals surface area (Å²) in [6, 6.07) is 0. The van der Waals surface area contributed by atoms with Crippen LogP contribution in [0.4, 0.5) is 0 Å². The smallest absolute Gasteiger partial charge is 0.462 e. The van der Waals surface area contributed by atoms with E-state index in [1.54, 1.807) is 0 Å². The van der Waals surface area contributed by atoms with Gasteiger partial charge in [0.25, 0.3) is 0 Å². The molecule has 0 saturated heterocycles. The molecule has 0 rings (SSSR count). The van der Waals surface area contributed by atoms with Gasteiger partial charge in [-0.25, -0.2) is 4.57 Å². The number of likely N-dealkylation sites (N-methyl/N-ethyl adjacent to an activating group) is 1. The molecule has 2 unspecified atom stereocenters. The Morgan fingerprint density at radius 2 is 0.643 bits per heavy atom. The summed E-state index contributed by atoms with van der Waals surface area (Å²) >= 11 is 0. The van der Waals surface area contributed by atoms with Gasteiger partial charge in [-0.3, -0.25) is 18.6 Å². The molecule has 84 heavy (non-hydrogen) atoms. The molecule has 0 radical (unpaired) electrons. The van der Waals surface area contributed by atoms with Crippen molar-refractivity contribution in [3.8, 4) is 0 Å². The summed E-state index contributed by atoms with van der Waals surface area (Å²) in [7, 11) is 1.47. The fourth-order valence-corrected chi connectivity index (χ4v) is 10.0. The topological polar surface area (TPSA) is 108 Å². The minimum atomic E-state index is -4.40. The molecule has 0 fully saturated rings. The zero-order valence-electron chi connectivity index (χ0n) is 54.9. The molecule has 0 aliphatic heterocycles. The summed E-state index contributed by atoms with van der Waals surface area (Å²) in [6.45, 7) is 4.21. The van der Waals surface area contributed by atoms with E-state index in [-0.39, 0.29) is 32.0 Å². The fourth-order valence-electron chi connectivity index (χ4n) is 9.31. The maximum Gasteiger partial charge on any atom is 0.472 e. The van der Waals surface area contributed by atoms with Crippen molar-refractivity contribution in [1.29, 1.82) is 0 Å². The molecule has 0 aromatic carbocycles. The first kappa shape index (κ1) is 80.4. The molecule has 10 heteroatoms. The van der Waals surface area contributed by atoms with Gasteiger partial charge < -0.3 is 18.9 Å². The molecule has 0 spiro atoms. The van der Waals surface area contributed by atoms with E-state index in [9.17, 15) is 19.0 Å². The largest absolute Gasteiger partial charge is 0.472 e. The Morgan fingerprint density at radius 3 is 0.952 bits per heavy atom. The van der Waals surface area contributed by atoms with Crippen molar-refractivity contribution in [2.24, 2.45) is 0 Å². The van der Waals surface area contributed by atoms with Crippen molar-refractivity contribution >= 4 is 19.8 Å². The summed E-state index contributed by atoms with van der Waals surface area (Å²) < 4.78 is 34.7. The van der Waals surface area contributed by atoms with Gasteiger partial charge in [-0.1, -0.05) is 289 Å². The van der Waals surface area contributed by atoms with E-state index in [0.717, 1.165) is 109 Å². The van der Waals surface area contributed by atoms with E-state index >= 15 is 0 Å². The molecular weight excluding hydrogens is 1060 g/mol. The molecule has 0 aromatic rings. The SMILES string of the molecule is CC/C=C\C/C=C\C/C=C\C/C=C\C/C=C\C/C=C\CCCCCCCCCCC(=O)OC(COC(=O)CCCCCCCCCCCCCCCCCCCCCC/C=C\C/C=C\C/C=C\C/C=C\CC)COP(=O)(O)OCC[N+](C)(C)C. The van der Waals surface area contributed by atoms with Crippen LogP contribution in [0.25, 0.3) is 0 Å². The lowest BCUT2D eigenvalue weighted by molar-refractivity contribution is -0.870. The number of phosphoric acid groups is 1. The molecule has 9 nitrogen and oxygen atoms in total. The third-order valence-electron chi connectivity index (χ3n) is 14.5. The number of phosphoric ester groups is 1. The Balaban J connectivity index is 4.07. The predicted octanol–water partition coefficient (Wildman–Crippen LogP) is 22.3. The first-order valence-corrected chi connectivity index (χ1v) is 35.8. The molecule has 2 atom stereocenters. The van der Waals surface area contributed by atoms with Crippen LogP contribution >= 0.6 is 7.82 Å². The van der Waals surface area contributed by atoms with Gasteiger partial charge in [0.15, 0.2) is 6.10 Å². The third kappa shape index (κ3) is 67.5. The minimum Gasteiger partial charge on any atom is -0.462 e. The van der Waals surface area contributed by atoms with Gasteiger partial charge >= 0.3 is 19.8 Å². The van der Waals surface area contributed by atoms with Crippen LogP contribution in [0, 0.1) is 0 Å². The quantitative estimate of drug-likeness (QED) is 0.0211. The zero-order valence-corrected chi connectivity index (χ0v) is 55.7. The number of carbonyl (C=O) groups excluding carboxylic acids is 2. The van der Waals surface area contributed by atoms with Crippen LogP contribution < -0.4 is 0 Å². The van der Waals surface area contributed by atoms with Crippen molar-refractivity contribution in [3.63, 3.8) is 0 Å². The van der Waals surface area contributed by atoms with Gasteiger partial charge in [0.1, 0.15) is 19.8 Å². The zero-order chi connectivity index (χ0) is 61.2. The third-order valence-corrected chi connectivity index (χ3v) is 15.5. The number of nitrogens with zero attached hydrogens (tertiary/aromatic N) is 1. The van der Waals surface area contributed by atoms with Gasteiger partial charge in [0.05, 0.1) is 27.7 Å². The van der Waals surface area contributed by atoms with Crippen LogP contribution in [0.5, 0.6) is 0 Å². The molecule has 482 valence electrons. The molecule has 0 bridgehead atoms. The predicted molar refractivity (Wildman–Crippen MR) is 362 cm³/mol. The van der Waals surface area contributed by atoms with Gasteiger partial charge in [-0.2, -0.15) is 0 Å². The normalized spacial score (nSPS) is 13.9. The Morgan fingerprint density at radius 1 is 0.369 bits per heavy atom. The van der Waals surface area contributed by atoms with Crippen LogP contribution in [-0.2, 0) is 32.7 Å². The number of ether oxygens (including phenoxy) is 2. The van der Waals surface area contributed by atoms with Gasteiger partial charge in [-0.05, 0) is 103 Å². The number of unbranched alkanes of at least 4 members (excludes halogenated alkanes) is 28. The van der Waals surface area contributed by atoms with Crippen molar-refractivity contribution in [2.45, 2.75) is 290 Å². The highest BCUT2D eigenvalue weighted by Gasteiger charge is 2.27. The van der Waals surface area contributed by atoms with Crippen LogP contribution in [0.1, 0.15) is 284 Å². The number of rotatable bonds is 62. The molecule has 0 aliphatic carbocycles. The highest BCUT2D eigenvalue weighted by molar-refractivity contribution is 7.47. The van der Waals surface area contributed by atoms with E-state index in [0.29, 0.717) is 17.4 Å². The van der Waals surface area contributed by atoms with E-state index in [1.807, 2.05) is 21.1 Å². The van der Waals surface area contributed by atoms with Crippen molar-refractivity contribution in [3.05, 3.63) is 122 Å². The lowest BCUT2D eigenvalue weighted by Gasteiger charge is -2.24. The van der Waals surface area contributed by atoms with Crippen molar-refractivity contribution < 1.29 is 42.1 Å². The van der Waals surface area contributed by atoms with Crippen molar-refractivity contribution in [1.82, 2.24) is 0 Å². The molecule has 0 heterocycles. The summed E-state index contributed by atoms with van der Waals surface area (Å²) in [5.41, 5.74) is 0. The monoisotopic (exact) mass is 1190 g/mol. The molecular formula is C74H129NO8P+. The molecule has 0 amide bonds. The average molecular weight is 1190 g/mol. The number of quaternary nitrogens is 1. The highest BCUT2D eigenvalue weighted by atomic mass is 31.2. The standard InChI is InChI=1S/C74H128NO8P/c1-6-8-10-12-14-16-18-20-22-24-26-28-30-32-34-35-36-37-38-39-41-42-44-46-48-50-52-54-56-58-60-62-64-66-73(76)80-70-72(71-82-84(78,79)81-69-68-75(3,4)5)83-74(77)67-65-63-61-59-57-55-53-51-49-47-45-43-40-33-31-29-27-25-23-21-19-17-15-13-11-9-7-2/h8-11,14-17,20-23,26-29,33,40,45,47,72H,6-7,12-13,18-19,24-25,30-32,34-39,41-44,46,48-71H2,1-5H3/p+1/b10-8-,11-9-,16-14-,17-15-,22-20-,23-21-,28-26-,29-27-,40-33-,47-45-. The summed E-state index contributed by atoms with van der Waals surface area (Å²) in [6.07, 6.45) is 91.5. The van der Waals surface area contributed by atoms with Gasteiger partial charge in [0, 0.05) is 12.8 Å². The van der Waals surface area contributed by atoms with Crippen molar-refractivity contribution in [2.75, 3.05) is 47.5 Å². The van der Waals surface area contributed by atoms with Crippen LogP contribution in [0.3, 0.4) is 0 Å². The number of allylic oxidation sites excluding steroid dienone is 20. The summed E-state index contributed by atoms with van der Waals surface area (Å²) in [5, 5.41) is 0. The molecule has 0 aliphatic rings. The second kappa shape index (κ2) is 63.9. The maximum atomic E-state index is 12.9. The highest BCUT2D eigenvalue weighted by Crippen LogP contribution is 2.43. The molecule has 0 aromatic heterocycles. The van der Waals surface area contributed by atoms with Crippen LogP contribution in [-0.4, -0.2) is 74.9 Å². The lowest BCUT2D eigenvalue weighted by atomic mass is 10.0. The maximum absolute atomic E-state index is 12.9. The van der Waals surface area contributed by atoms with E-state index < -0.39 is 26.5 Å². The van der Waals surface area contributed by atoms with E-state index in [2.05, 4.69) is 135 Å². The summed E-state index contributed by atoms with van der Waals surface area (Å²) in [5.74, 6) is -0.804. The van der Waals surface area contributed by atoms with Gasteiger partial charge in [-0.15, -0.1) is 0 Å². The van der Waals surface area contributed by atoms with Gasteiger partial charge in [0.2, 0.25) is 0 Å². The Labute approximate surface area is 518 Å². The number of esters is 2. The van der Waals surface area contributed by atoms with E-state index in [1.165, 1.54) is 141 Å². The number of carbonyl (C=O) groups is 2. The first-order valence-electron chi connectivity index (χ1n) is 34.3. The lowest BCUT2D eigenvalue weighted by Crippen LogP contribution is -2.37. The summed E-state index contributed by atoms with van der Waals surface area (Å²) in [4.78, 5) is 35.9. The number of hydrogen-bond donors (Lipinski definition) is 1. The van der Waals surface area contributed by atoms with Crippen LogP contribution in [0.15, 0.2) is 122 Å². The first-order chi connectivity index (χ1) is 41.0. The second-order valence-electron chi connectivity index (χ2n) is 23.8. The van der Waals surface area contributed by atoms with Crippen LogP contribution in [0.2, 0.25) is 0 Å². The average Bonchev–Trinajstić information content (AvgIpc) is 3.61. The molecule has 0 saturated carbocycles. The second-order valence-corrected chi connectivity index (χ2v) is 25.3. The Bertz CT molecular complexity index is 1830. The fraction of sp³-hybridized carbons (Fsp3) is 0.703.